The van der Waals surface area contributed by atoms with E-state index in [1.165, 1.54) is 30.1 Å². The molecule has 5 amide bonds. The number of hydrogen-bond acceptors (Lipinski definition) is 4. The number of likely N-dealkylation sites (N-methyl/N-ethyl adjacent to an activating group) is 1. The Hall–Kier alpha value is -3.55. The number of benzene rings is 2. The number of rotatable bonds is 6. The summed E-state index contributed by atoms with van der Waals surface area (Å²) in [6.07, 6.45) is 0. The maximum absolute atomic E-state index is 13.3. The second kappa shape index (κ2) is 7.99. The fourth-order valence-electron chi connectivity index (χ4n) is 2.85. The van der Waals surface area contributed by atoms with E-state index in [-0.39, 0.29) is 13.1 Å². The molecular weight excluding hydrogens is 365 g/mol. The predicted molar refractivity (Wildman–Crippen MR) is 97.0 cm³/mol. The summed E-state index contributed by atoms with van der Waals surface area (Å²) in [5, 5.41) is 0. The number of carbonyl (C=O) groups excluding carboxylic acids is 4. The van der Waals surface area contributed by atoms with Crippen molar-refractivity contribution in [3.63, 3.8) is 0 Å². The summed E-state index contributed by atoms with van der Waals surface area (Å²) in [5.41, 5.74) is 1.25. The van der Waals surface area contributed by atoms with E-state index in [4.69, 9.17) is 0 Å². The molecule has 0 aliphatic carbocycles. The van der Waals surface area contributed by atoms with Crippen molar-refractivity contribution < 1.29 is 23.6 Å². The number of urea groups is 1. The summed E-state index contributed by atoms with van der Waals surface area (Å²) < 4.78 is 13.3. The number of imide groups is 2. The Morgan fingerprint density at radius 1 is 0.929 bits per heavy atom. The van der Waals surface area contributed by atoms with Crippen LogP contribution >= 0.6 is 0 Å². The van der Waals surface area contributed by atoms with Crippen molar-refractivity contribution in [2.45, 2.75) is 13.1 Å². The van der Waals surface area contributed by atoms with Gasteiger partial charge in [-0.25, -0.2) is 14.1 Å². The Morgan fingerprint density at radius 3 is 2.25 bits per heavy atom. The smallest absolute Gasteiger partial charge is 0.335 e. The molecule has 2 aromatic rings. The van der Waals surface area contributed by atoms with Gasteiger partial charge in [-0.05, 0) is 23.3 Å². The Labute approximate surface area is 160 Å². The van der Waals surface area contributed by atoms with Crippen molar-refractivity contribution in [1.29, 1.82) is 0 Å². The second-order valence-corrected chi connectivity index (χ2v) is 6.43. The Bertz CT molecular complexity index is 932. The largest absolute Gasteiger partial charge is 0.340 e. The highest BCUT2D eigenvalue weighted by atomic mass is 19.1. The maximum atomic E-state index is 13.3. The van der Waals surface area contributed by atoms with E-state index in [0.29, 0.717) is 16.0 Å². The van der Waals surface area contributed by atoms with Gasteiger partial charge in [-0.3, -0.25) is 19.3 Å². The van der Waals surface area contributed by atoms with Crippen molar-refractivity contribution in [1.82, 2.24) is 14.7 Å². The molecule has 0 N–H and O–H groups in total. The fourth-order valence-corrected chi connectivity index (χ4v) is 2.85. The molecule has 144 valence electrons. The summed E-state index contributed by atoms with van der Waals surface area (Å²) in [4.78, 5) is 51.9. The first kappa shape index (κ1) is 19.2. The van der Waals surface area contributed by atoms with Gasteiger partial charge < -0.3 is 4.90 Å². The van der Waals surface area contributed by atoms with E-state index in [0.717, 1.165) is 4.90 Å². The molecule has 1 fully saturated rings. The van der Waals surface area contributed by atoms with Crippen LogP contribution in [0.1, 0.15) is 11.1 Å². The minimum Gasteiger partial charge on any atom is -0.340 e. The van der Waals surface area contributed by atoms with Gasteiger partial charge in [0.15, 0.2) is 0 Å². The van der Waals surface area contributed by atoms with Crippen molar-refractivity contribution in [3.05, 3.63) is 71.5 Å². The molecule has 0 bridgehead atoms. The van der Waals surface area contributed by atoms with E-state index in [9.17, 15) is 23.6 Å². The Morgan fingerprint density at radius 2 is 1.57 bits per heavy atom. The molecule has 0 aromatic heterocycles. The lowest BCUT2D eigenvalue weighted by Crippen LogP contribution is -2.41. The predicted octanol–water partition coefficient (Wildman–Crippen LogP) is 1.78. The van der Waals surface area contributed by atoms with Crippen LogP contribution in [0.5, 0.6) is 0 Å². The lowest BCUT2D eigenvalue weighted by Gasteiger charge is -2.20. The fraction of sp³-hybridized carbons (Fsp3) is 0.200. The van der Waals surface area contributed by atoms with Crippen LogP contribution < -0.4 is 0 Å². The number of halogens is 1. The molecule has 8 heteroatoms. The number of nitrogens with zero attached hydrogens (tertiary/aromatic N) is 3. The van der Waals surface area contributed by atoms with E-state index in [1.807, 2.05) is 0 Å². The molecule has 28 heavy (non-hydrogen) atoms. The van der Waals surface area contributed by atoms with Crippen LogP contribution in [-0.4, -0.2) is 52.0 Å². The average Bonchev–Trinajstić information content (AvgIpc) is 2.87. The van der Waals surface area contributed by atoms with Crippen LogP contribution in [0.2, 0.25) is 0 Å². The molecule has 0 atom stereocenters. The van der Waals surface area contributed by atoms with Gasteiger partial charge in [0.1, 0.15) is 12.4 Å². The Balaban J connectivity index is 1.66. The van der Waals surface area contributed by atoms with Crippen molar-refractivity contribution in [3.8, 4) is 0 Å². The van der Waals surface area contributed by atoms with Crippen molar-refractivity contribution in [2.24, 2.45) is 0 Å². The normalized spacial score (nSPS) is 14.0. The monoisotopic (exact) mass is 383 g/mol. The highest BCUT2D eigenvalue weighted by Crippen LogP contribution is 2.16. The van der Waals surface area contributed by atoms with Gasteiger partial charge in [-0.1, -0.05) is 42.5 Å². The third-order valence-corrected chi connectivity index (χ3v) is 4.35. The van der Waals surface area contributed by atoms with Crippen LogP contribution in [0.15, 0.2) is 54.6 Å². The molecule has 7 nitrogen and oxygen atoms in total. The summed E-state index contributed by atoms with van der Waals surface area (Å²) in [6, 6.07) is 13.7. The minimum atomic E-state index is -1.03. The number of hydrogen-bond donors (Lipinski definition) is 0. The summed E-state index contributed by atoms with van der Waals surface area (Å²) in [7, 11) is 1.47. The molecule has 1 saturated heterocycles. The zero-order chi connectivity index (χ0) is 20.3. The zero-order valence-electron chi connectivity index (χ0n) is 15.2. The summed E-state index contributed by atoms with van der Waals surface area (Å²) in [5.74, 6) is -2.96. The number of carbonyl (C=O) groups is 4. The topological polar surface area (TPSA) is 78.0 Å². The van der Waals surface area contributed by atoms with Crippen molar-refractivity contribution in [2.75, 3.05) is 13.6 Å². The van der Waals surface area contributed by atoms with Crippen LogP contribution in [0, 0.1) is 5.82 Å². The summed E-state index contributed by atoms with van der Waals surface area (Å²) >= 11 is 0. The molecule has 3 rings (SSSR count). The van der Waals surface area contributed by atoms with Gasteiger partial charge in [0.25, 0.3) is 0 Å². The quantitative estimate of drug-likeness (QED) is 0.563. The van der Waals surface area contributed by atoms with Gasteiger partial charge in [0.2, 0.25) is 5.91 Å². The first-order valence-electron chi connectivity index (χ1n) is 8.56. The molecule has 1 aliphatic heterocycles. The van der Waals surface area contributed by atoms with E-state index in [2.05, 4.69) is 0 Å². The van der Waals surface area contributed by atoms with Gasteiger partial charge in [-0.2, -0.15) is 0 Å². The molecule has 0 unspecified atom stereocenters. The lowest BCUT2D eigenvalue weighted by atomic mass is 10.2. The molecular formula is C20H18FN3O4. The molecule has 1 aliphatic rings. The van der Waals surface area contributed by atoms with Crippen LogP contribution in [0.3, 0.4) is 0 Å². The molecule has 2 aromatic carbocycles. The van der Waals surface area contributed by atoms with Gasteiger partial charge in [0.05, 0.1) is 6.54 Å². The van der Waals surface area contributed by atoms with Gasteiger partial charge in [0, 0.05) is 13.6 Å². The average molecular weight is 383 g/mol. The van der Waals surface area contributed by atoms with Crippen LogP contribution in [0.25, 0.3) is 0 Å². The SMILES string of the molecule is CN(Cc1cccc(F)c1)C(=O)CN1C(=O)C(=O)N(Cc2ccccc2)C1=O. The molecule has 0 radical (unpaired) electrons. The van der Waals surface area contributed by atoms with E-state index in [1.54, 1.807) is 36.4 Å². The first-order valence-corrected chi connectivity index (χ1v) is 8.56. The van der Waals surface area contributed by atoms with Crippen LogP contribution in [0.4, 0.5) is 9.18 Å². The number of amides is 5. The van der Waals surface area contributed by atoms with E-state index >= 15 is 0 Å². The zero-order valence-corrected chi connectivity index (χ0v) is 15.2. The van der Waals surface area contributed by atoms with Gasteiger partial charge >= 0.3 is 17.8 Å². The van der Waals surface area contributed by atoms with Gasteiger partial charge in [-0.15, -0.1) is 0 Å². The highest BCUT2D eigenvalue weighted by molar-refractivity contribution is 6.44. The standard InChI is InChI=1S/C20H18FN3O4/c1-22(11-15-8-5-9-16(21)10-15)17(25)13-24-19(27)18(26)23(20(24)28)12-14-6-3-2-4-7-14/h2-10H,11-13H2,1H3. The molecule has 0 saturated carbocycles. The molecule has 0 spiro atoms. The minimum absolute atomic E-state index is 0.0476. The highest BCUT2D eigenvalue weighted by Gasteiger charge is 2.45. The Kier molecular flexibility index (Phi) is 5.49. The maximum Gasteiger partial charge on any atom is 0.335 e. The first-order chi connectivity index (χ1) is 13.4. The second-order valence-electron chi connectivity index (χ2n) is 6.43. The van der Waals surface area contributed by atoms with E-state index < -0.39 is 36.1 Å². The van der Waals surface area contributed by atoms with Crippen molar-refractivity contribution >= 4 is 23.8 Å². The third kappa shape index (κ3) is 4.06. The van der Waals surface area contributed by atoms with Crippen LogP contribution in [-0.2, 0) is 27.5 Å². The lowest BCUT2D eigenvalue weighted by molar-refractivity contribution is -0.145. The molecule has 1 heterocycles. The third-order valence-electron chi connectivity index (χ3n) is 4.35. The summed E-state index contributed by atoms with van der Waals surface area (Å²) in [6.45, 7) is -0.497.